The molecule has 31 heavy (non-hydrogen) atoms. The van der Waals surface area contributed by atoms with Gasteiger partial charge in [-0.2, -0.15) is 0 Å². The fourth-order valence-corrected chi connectivity index (χ4v) is 3.98. The quantitative estimate of drug-likeness (QED) is 0.216. The Morgan fingerprint density at radius 1 is 0.742 bits per heavy atom. The molecule has 0 saturated carbocycles. The van der Waals surface area contributed by atoms with Gasteiger partial charge in [-0.3, -0.25) is 4.79 Å². The molecular weight excluding hydrogens is 386 g/mol. The van der Waals surface area contributed by atoms with Crippen molar-refractivity contribution in [1.29, 1.82) is 0 Å². The van der Waals surface area contributed by atoms with Crippen molar-refractivity contribution in [1.82, 2.24) is 0 Å². The Hall–Kier alpha value is -1.84. The zero-order valence-electron chi connectivity index (χ0n) is 20.0. The molecule has 0 fully saturated rings. The summed E-state index contributed by atoms with van der Waals surface area (Å²) in [5, 5.41) is 11.9. The maximum absolute atomic E-state index is 12.1. The van der Waals surface area contributed by atoms with Crippen molar-refractivity contribution in [2.24, 2.45) is 0 Å². The first kappa shape index (κ1) is 27.2. The van der Waals surface area contributed by atoms with Gasteiger partial charge in [0.1, 0.15) is 0 Å². The standard InChI is InChI=1S/C27H45NO3/c1-3-4-5-6-7-8-9-10-11-12-13-14-15-16-17-18-19-26(29)28-25-21-20-24(27(30)31)22-23(25)2/h20-22H,3-19H2,1-2H3,(H,28,29)(H,30,31). The van der Waals surface area contributed by atoms with Crippen LogP contribution in [0.1, 0.15) is 132 Å². The number of nitrogens with one attached hydrogen (secondary N) is 1. The average molecular weight is 432 g/mol. The van der Waals surface area contributed by atoms with E-state index in [1.807, 2.05) is 6.92 Å². The van der Waals surface area contributed by atoms with Crippen molar-refractivity contribution in [2.45, 2.75) is 123 Å². The number of unbranched alkanes of at least 4 members (excludes halogenated alkanes) is 15. The minimum Gasteiger partial charge on any atom is -0.478 e. The van der Waals surface area contributed by atoms with Crippen LogP contribution in [0.5, 0.6) is 0 Å². The predicted octanol–water partition coefficient (Wildman–Crippen LogP) is 8.28. The Morgan fingerprint density at radius 3 is 1.61 bits per heavy atom. The summed E-state index contributed by atoms with van der Waals surface area (Å²) in [6.07, 6.45) is 21.7. The molecule has 1 aromatic carbocycles. The van der Waals surface area contributed by atoms with E-state index in [-0.39, 0.29) is 11.5 Å². The van der Waals surface area contributed by atoms with Crippen molar-refractivity contribution in [3.05, 3.63) is 29.3 Å². The van der Waals surface area contributed by atoms with E-state index in [0.29, 0.717) is 12.1 Å². The molecule has 4 nitrogen and oxygen atoms in total. The lowest BCUT2D eigenvalue weighted by atomic mass is 10.0. The van der Waals surface area contributed by atoms with Crippen molar-refractivity contribution in [3.8, 4) is 0 Å². The molecule has 0 aliphatic carbocycles. The summed E-state index contributed by atoms with van der Waals surface area (Å²) in [5.74, 6) is -0.939. The predicted molar refractivity (Wildman–Crippen MR) is 131 cm³/mol. The zero-order chi connectivity index (χ0) is 22.7. The lowest BCUT2D eigenvalue weighted by Gasteiger charge is -2.09. The topological polar surface area (TPSA) is 66.4 Å². The number of carbonyl (C=O) groups excluding carboxylic acids is 1. The number of hydrogen-bond donors (Lipinski definition) is 2. The third-order valence-corrected chi connectivity index (χ3v) is 6.00. The Morgan fingerprint density at radius 2 is 1.19 bits per heavy atom. The van der Waals surface area contributed by atoms with Gasteiger partial charge in [0.05, 0.1) is 5.56 Å². The third-order valence-electron chi connectivity index (χ3n) is 6.00. The number of aryl methyl sites for hydroxylation is 1. The van der Waals surface area contributed by atoms with Gasteiger partial charge in [-0.15, -0.1) is 0 Å². The van der Waals surface area contributed by atoms with E-state index in [2.05, 4.69) is 12.2 Å². The van der Waals surface area contributed by atoms with E-state index < -0.39 is 5.97 Å². The smallest absolute Gasteiger partial charge is 0.335 e. The Bertz CT molecular complexity index is 627. The number of benzene rings is 1. The van der Waals surface area contributed by atoms with Gasteiger partial charge in [-0.25, -0.2) is 4.79 Å². The lowest BCUT2D eigenvalue weighted by molar-refractivity contribution is -0.116. The largest absolute Gasteiger partial charge is 0.478 e. The van der Waals surface area contributed by atoms with Crippen LogP contribution < -0.4 is 5.32 Å². The van der Waals surface area contributed by atoms with Gasteiger partial charge in [0, 0.05) is 12.1 Å². The molecule has 0 atom stereocenters. The lowest BCUT2D eigenvalue weighted by Crippen LogP contribution is -2.12. The van der Waals surface area contributed by atoms with Crippen LogP contribution in [0, 0.1) is 6.92 Å². The normalized spacial score (nSPS) is 10.9. The number of anilines is 1. The molecule has 0 aliphatic rings. The number of carboxylic acid groups (broad SMARTS) is 1. The van der Waals surface area contributed by atoms with E-state index in [1.165, 1.54) is 96.0 Å². The van der Waals surface area contributed by atoms with Crippen LogP contribution in [0.25, 0.3) is 0 Å². The van der Waals surface area contributed by atoms with E-state index in [9.17, 15) is 9.59 Å². The highest BCUT2D eigenvalue weighted by molar-refractivity contribution is 5.93. The second-order valence-electron chi connectivity index (χ2n) is 8.94. The van der Waals surface area contributed by atoms with Gasteiger partial charge in [-0.1, -0.05) is 103 Å². The van der Waals surface area contributed by atoms with Crippen molar-refractivity contribution >= 4 is 17.6 Å². The monoisotopic (exact) mass is 431 g/mol. The van der Waals surface area contributed by atoms with Gasteiger partial charge < -0.3 is 10.4 Å². The molecule has 0 spiro atoms. The first-order valence-electron chi connectivity index (χ1n) is 12.7. The number of carbonyl (C=O) groups is 2. The van der Waals surface area contributed by atoms with E-state index in [4.69, 9.17) is 5.11 Å². The molecule has 2 N–H and O–H groups in total. The summed E-state index contributed by atoms with van der Waals surface area (Å²) < 4.78 is 0. The van der Waals surface area contributed by atoms with Gasteiger partial charge in [0.15, 0.2) is 0 Å². The average Bonchev–Trinajstić information content (AvgIpc) is 2.74. The molecule has 0 radical (unpaired) electrons. The third kappa shape index (κ3) is 14.0. The molecule has 0 heterocycles. The van der Waals surface area contributed by atoms with Crippen LogP contribution in [0.2, 0.25) is 0 Å². The highest BCUT2D eigenvalue weighted by atomic mass is 16.4. The van der Waals surface area contributed by atoms with E-state index >= 15 is 0 Å². The second kappa shape index (κ2) is 17.8. The molecule has 4 heteroatoms. The molecule has 0 bridgehead atoms. The first-order valence-corrected chi connectivity index (χ1v) is 12.7. The van der Waals surface area contributed by atoms with Crippen LogP contribution >= 0.6 is 0 Å². The Labute approximate surface area is 190 Å². The molecule has 1 rings (SSSR count). The second-order valence-corrected chi connectivity index (χ2v) is 8.94. The Kier molecular flexibility index (Phi) is 15.6. The summed E-state index contributed by atoms with van der Waals surface area (Å²) in [7, 11) is 0. The highest BCUT2D eigenvalue weighted by Crippen LogP contribution is 2.18. The van der Waals surface area contributed by atoms with Crippen LogP contribution in [0.15, 0.2) is 18.2 Å². The minimum atomic E-state index is -0.950. The summed E-state index contributed by atoms with van der Waals surface area (Å²) in [6.45, 7) is 4.09. The Balaban J connectivity index is 1.92. The highest BCUT2D eigenvalue weighted by Gasteiger charge is 2.08. The number of carboxylic acids is 1. The summed E-state index contributed by atoms with van der Waals surface area (Å²) in [5.41, 5.74) is 1.72. The van der Waals surface area contributed by atoms with E-state index in [1.54, 1.807) is 12.1 Å². The molecule has 0 aromatic heterocycles. The SMILES string of the molecule is CCCCCCCCCCCCCCCCCCC(=O)Nc1ccc(C(=O)O)cc1C. The molecule has 1 aromatic rings. The van der Waals surface area contributed by atoms with Gasteiger partial charge in [0.2, 0.25) is 5.91 Å². The number of amides is 1. The maximum Gasteiger partial charge on any atom is 0.335 e. The van der Waals surface area contributed by atoms with Crippen LogP contribution in [-0.4, -0.2) is 17.0 Å². The molecule has 0 aliphatic heterocycles. The van der Waals surface area contributed by atoms with Crippen LogP contribution in [0.4, 0.5) is 5.69 Å². The molecular formula is C27H45NO3. The number of aromatic carboxylic acids is 1. The minimum absolute atomic E-state index is 0.0107. The van der Waals surface area contributed by atoms with Crippen molar-refractivity contribution < 1.29 is 14.7 Å². The van der Waals surface area contributed by atoms with Crippen LogP contribution in [-0.2, 0) is 4.79 Å². The van der Waals surface area contributed by atoms with Crippen molar-refractivity contribution in [3.63, 3.8) is 0 Å². The number of rotatable bonds is 19. The molecule has 0 saturated heterocycles. The summed E-state index contributed by atoms with van der Waals surface area (Å²) >= 11 is 0. The number of hydrogen-bond acceptors (Lipinski definition) is 2. The fraction of sp³-hybridized carbons (Fsp3) is 0.704. The maximum atomic E-state index is 12.1. The van der Waals surface area contributed by atoms with E-state index in [0.717, 1.165) is 18.4 Å². The summed E-state index contributed by atoms with van der Waals surface area (Å²) in [6, 6.07) is 4.79. The van der Waals surface area contributed by atoms with Gasteiger partial charge in [0.25, 0.3) is 0 Å². The first-order chi connectivity index (χ1) is 15.0. The zero-order valence-corrected chi connectivity index (χ0v) is 20.0. The molecule has 1 amide bonds. The van der Waals surface area contributed by atoms with Gasteiger partial charge in [-0.05, 0) is 37.1 Å². The molecule has 176 valence electrons. The summed E-state index contributed by atoms with van der Waals surface area (Å²) in [4.78, 5) is 23.1. The fourth-order valence-electron chi connectivity index (χ4n) is 3.98. The van der Waals surface area contributed by atoms with Crippen molar-refractivity contribution in [2.75, 3.05) is 5.32 Å². The van der Waals surface area contributed by atoms with Crippen LogP contribution in [0.3, 0.4) is 0 Å². The molecule has 0 unspecified atom stereocenters. The van der Waals surface area contributed by atoms with Gasteiger partial charge >= 0.3 is 5.97 Å².